The van der Waals surface area contributed by atoms with Gasteiger partial charge < -0.3 is 15.0 Å². The fourth-order valence-electron chi connectivity index (χ4n) is 1.91. The molecule has 0 spiro atoms. The highest BCUT2D eigenvalue weighted by atomic mass is 32.2. The Kier molecular flexibility index (Phi) is 6.26. The first-order valence-corrected chi connectivity index (χ1v) is 8.23. The summed E-state index contributed by atoms with van der Waals surface area (Å²) in [7, 11) is 3.24. The number of amides is 2. The van der Waals surface area contributed by atoms with E-state index in [-0.39, 0.29) is 18.4 Å². The number of methoxy groups -OCH3 is 1. The summed E-state index contributed by atoms with van der Waals surface area (Å²) in [5.74, 6) is 0.465. The SMILES string of the molecule is COc1ccc(Sc2ccc(NC(=O)CN(C)C(C)=O)cc2)cc1. The third-order valence-corrected chi connectivity index (χ3v) is 4.37. The predicted octanol–water partition coefficient (Wildman–Crippen LogP) is 3.26. The molecule has 0 heterocycles. The average Bonchev–Trinajstić information content (AvgIpc) is 2.57. The number of likely N-dealkylation sites (N-methyl/N-ethyl adjacent to an activating group) is 1. The third kappa shape index (κ3) is 5.31. The Morgan fingerprint density at radius 1 is 1.04 bits per heavy atom. The van der Waals surface area contributed by atoms with Crippen molar-refractivity contribution in [1.82, 2.24) is 4.90 Å². The molecule has 2 aromatic rings. The number of anilines is 1. The second-order valence-corrected chi connectivity index (χ2v) is 6.37. The van der Waals surface area contributed by atoms with E-state index in [9.17, 15) is 9.59 Å². The van der Waals surface area contributed by atoms with Gasteiger partial charge >= 0.3 is 0 Å². The number of carbonyl (C=O) groups excluding carboxylic acids is 2. The van der Waals surface area contributed by atoms with Gasteiger partial charge in [-0.25, -0.2) is 0 Å². The van der Waals surface area contributed by atoms with Crippen LogP contribution in [0.3, 0.4) is 0 Å². The molecule has 0 unspecified atom stereocenters. The molecule has 5 nitrogen and oxygen atoms in total. The molecule has 0 saturated heterocycles. The zero-order valence-corrected chi connectivity index (χ0v) is 14.7. The number of ether oxygens (including phenoxy) is 1. The Morgan fingerprint density at radius 2 is 1.58 bits per heavy atom. The van der Waals surface area contributed by atoms with Crippen molar-refractivity contribution in [3.8, 4) is 5.75 Å². The number of nitrogens with zero attached hydrogens (tertiary/aromatic N) is 1. The number of benzene rings is 2. The van der Waals surface area contributed by atoms with Gasteiger partial charge in [0.05, 0.1) is 13.7 Å². The van der Waals surface area contributed by atoms with E-state index >= 15 is 0 Å². The summed E-state index contributed by atoms with van der Waals surface area (Å²) in [6.07, 6.45) is 0. The van der Waals surface area contributed by atoms with Crippen LogP contribution >= 0.6 is 11.8 Å². The van der Waals surface area contributed by atoms with Crippen LogP contribution in [0.2, 0.25) is 0 Å². The quantitative estimate of drug-likeness (QED) is 0.874. The maximum atomic E-state index is 11.8. The van der Waals surface area contributed by atoms with Crippen LogP contribution < -0.4 is 10.1 Å². The molecule has 0 fully saturated rings. The molecule has 126 valence electrons. The second-order valence-electron chi connectivity index (χ2n) is 5.23. The lowest BCUT2D eigenvalue weighted by atomic mass is 10.3. The average molecular weight is 344 g/mol. The molecule has 0 aliphatic heterocycles. The molecule has 0 saturated carbocycles. The molecule has 0 atom stereocenters. The van der Waals surface area contributed by atoms with E-state index in [2.05, 4.69) is 5.32 Å². The minimum absolute atomic E-state index is 0.0394. The smallest absolute Gasteiger partial charge is 0.243 e. The van der Waals surface area contributed by atoms with Crippen LogP contribution in [0.15, 0.2) is 58.3 Å². The highest BCUT2D eigenvalue weighted by Gasteiger charge is 2.09. The van der Waals surface area contributed by atoms with Crippen molar-refractivity contribution >= 4 is 29.3 Å². The summed E-state index contributed by atoms with van der Waals surface area (Å²) in [6, 6.07) is 15.4. The maximum absolute atomic E-state index is 11.8. The van der Waals surface area contributed by atoms with E-state index in [1.165, 1.54) is 11.8 Å². The van der Waals surface area contributed by atoms with Crippen molar-refractivity contribution in [3.63, 3.8) is 0 Å². The van der Waals surface area contributed by atoms with Crippen LogP contribution in [-0.4, -0.2) is 37.4 Å². The number of hydrogen-bond donors (Lipinski definition) is 1. The molecule has 6 heteroatoms. The molecule has 2 amide bonds. The summed E-state index contributed by atoms with van der Waals surface area (Å²) in [5, 5.41) is 2.78. The topological polar surface area (TPSA) is 58.6 Å². The summed E-state index contributed by atoms with van der Waals surface area (Å²) in [6.45, 7) is 1.47. The second kappa shape index (κ2) is 8.40. The zero-order chi connectivity index (χ0) is 17.5. The molecule has 0 aliphatic carbocycles. The van der Waals surface area contributed by atoms with Crippen LogP contribution in [0, 0.1) is 0 Å². The van der Waals surface area contributed by atoms with Gasteiger partial charge in [0.15, 0.2) is 0 Å². The Bertz CT molecular complexity index is 699. The van der Waals surface area contributed by atoms with Gasteiger partial charge in [-0.2, -0.15) is 0 Å². The van der Waals surface area contributed by atoms with Crippen molar-refractivity contribution in [2.45, 2.75) is 16.7 Å². The number of carbonyl (C=O) groups is 2. The molecule has 0 aromatic heterocycles. The van der Waals surface area contributed by atoms with E-state index < -0.39 is 0 Å². The lowest BCUT2D eigenvalue weighted by molar-refractivity contribution is -0.131. The van der Waals surface area contributed by atoms with Gasteiger partial charge in [-0.15, -0.1) is 0 Å². The third-order valence-electron chi connectivity index (χ3n) is 3.35. The monoisotopic (exact) mass is 344 g/mol. The van der Waals surface area contributed by atoms with Gasteiger partial charge in [0, 0.05) is 29.4 Å². The fraction of sp³-hybridized carbons (Fsp3) is 0.222. The lowest BCUT2D eigenvalue weighted by Crippen LogP contribution is -2.33. The lowest BCUT2D eigenvalue weighted by Gasteiger charge is -2.14. The first-order chi connectivity index (χ1) is 11.5. The summed E-state index contributed by atoms with van der Waals surface area (Å²) < 4.78 is 5.14. The number of rotatable bonds is 6. The van der Waals surface area contributed by atoms with Gasteiger partial charge in [0.2, 0.25) is 11.8 Å². The Balaban J connectivity index is 1.92. The van der Waals surface area contributed by atoms with E-state index in [4.69, 9.17) is 4.74 Å². The maximum Gasteiger partial charge on any atom is 0.243 e. The van der Waals surface area contributed by atoms with Crippen molar-refractivity contribution in [3.05, 3.63) is 48.5 Å². The first kappa shape index (κ1) is 17.9. The largest absolute Gasteiger partial charge is 0.497 e. The minimum Gasteiger partial charge on any atom is -0.497 e. The molecular weight excluding hydrogens is 324 g/mol. The van der Waals surface area contributed by atoms with Gasteiger partial charge in [-0.1, -0.05) is 11.8 Å². The molecule has 0 radical (unpaired) electrons. The van der Waals surface area contributed by atoms with Crippen molar-refractivity contribution < 1.29 is 14.3 Å². The molecule has 0 bridgehead atoms. The van der Waals surface area contributed by atoms with Crippen LogP contribution in [0.1, 0.15) is 6.92 Å². The summed E-state index contributed by atoms with van der Waals surface area (Å²) >= 11 is 1.63. The van der Waals surface area contributed by atoms with Gasteiger partial charge in [0.25, 0.3) is 0 Å². The highest BCUT2D eigenvalue weighted by Crippen LogP contribution is 2.29. The van der Waals surface area contributed by atoms with Crippen molar-refractivity contribution in [2.75, 3.05) is 26.0 Å². The van der Waals surface area contributed by atoms with Gasteiger partial charge in [-0.05, 0) is 48.5 Å². The van der Waals surface area contributed by atoms with Gasteiger partial charge in [-0.3, -0.25) is 9.59 Å². The Labute approximate surface area is 146 Å². The van der Waals surface area contributed by atoms with Crippen molar-refractivity contribution in [2.24, 2.45) is 0 Å². The zero-order valence-electron chi connectivity index (χ0n) is 13.9. The fourth-order valence-corrected chi connectivity index (χ4v) is 2.73. The first-order valence-electron chi connectivity index (χ1n) is 7.41. The van der Waals surface area contributed by atoms with E-state index in [1.54, 1.807) is 25.9 Å². The molecular formula is C18H20N2O3S. The Hall–Kier alpha value is -2.47. The van der Waals surface area contributed by atoms with Crippen LogP contribution in [-0.2, 0) is 9.59 Å². The number of nitrogens with one attached hydrogen (secondary N) is 1. The Morgan fingerprint density at radius 3 is 2.08 bits per heavy atom. The van der Waals surface area contributed by atoms with E-state index in [0.717, 1.165) is 15.5 Å². The molecule has 2 aromatic carbocycles. The minimum atomic E-state index is -0.219. The van der Waals surface area contributed by atoms with Crippen LogP contribution in [0.4, 0.5) is 5.69 Å². The van der Waals surface area contributed by atoms with Crippen LogP contribution in [0.25, 0.3) is 0 Å². The molecule has 2 rings (SSSR count). The summed E-state index contributed by atoms with van der Waals surface area (Å²) in [4.78, 5) is 26.5. The van der Waals surface area contributed by atoms with Crippen LogP contribution in [0.5, 0.6) is 5.75 Å². The van der Waals surface area contributed by atoms with Crippen molar-refractivity contribution in [1.29, 1.82) is 0 Å². The molecule has 1 N–H and O–H groups in total. The summed E-state index contributed by atoms with van der Waals surface area (Å²) in [5.41, 5.74) is 0.705. The highest BCUT2D eigenvalue weighted by molar-refractivity contribution is 7.99. The molecule has 24 heavy (non-hydrogen) atoms. The van der Waals surface area contributed by atoms with Gasteiger partial charge in [0.1, 0.15) is 5.75 Å². The standard InChI is InChI=1S/C18H20N2O3S/c1-13(21)20(2)12-18(22)19-14-4-8-16(9-5-14)24-17-10-6-15(23-3)7-11-17/h4-11H,12H2,1-3H3,(H,19,22). The normalized spacial score (nSPS) is 10.1. The van der Waals surface area contributed by atoms with E-state index in [0.29, 0.717) is 5.69 Å². The molecule has 0 aliphatic rings. The van der Waals surface area contributed by atoms with E-state index in [1.807, 2.05) is 48.5 Å². The number of hydrogen-bond acceptors (Lipinski definition) is 4. The predicted molar refractivity (Wildman–Crippen MR) is 95.5 cm³/mol.